The van der Waals surface area contributed by atoms with Crippen molar-refractivity contribution < 1.29 is 19.4 Å². The predicted molar refractivity (Wildman–Crippen MR) is 84.0 cm³/mol. The van der Waals surface area contributed by atoms with E-state index in [-0.39, 0.29) is 12.1 Å². The number of ether oxygens (including phenoxy) is 1. The van der Waals surface area contributed by atoms with Crippen molar-refractivity contribution >= 4 is 22.8 Å². The van der Waals surface area contributed by atoms with Crippen LogP contribution in [0.5, 0.6) is 0 Å². The molecule has 5 nitrogen and oxygen atoms in total. The highest BCUT2D eigenvalue weighted by molar-refractivity contribution is 6.04. The van der Waals surface area contributed by atoms with Crippen molar-refractivity contribution in [2.24, 2.45) is 0 Å². The number of amides is 1. The van der Waals surface area contributed by atoms with E-state index >= 15 is 0 Å². The average molecular weight is 301 g/mol. The first-order chi connectivity index (χ1) is 10.3. The van der Waals surface area contributed by atoms with Crippen molar-refractivity contribution in [2.75, 3.05) is 0 Å². The number of carbonyl (C=O) groups excluding carboxylic acids is 1. The van der Waals surface area contributed by atoms with Gasteiger partial charge in [-0.1, -0.05) is 30.3 Å². The van der Waals surface area contributed by atoms with Crippen LogP contribution in [0.15, 0.2) is 36.4 Å². The molecular weight excluding hydrogens is 282 g/mol. The summed E-state index contributed by atoms with van der Waals surface area (Å²) in [4.78, 5) is 23.0. The summed E-state index contributed by atoms with van der Waals surface area (Å²) < 4.78 is 5.19. The molecule has 0 atom stereocenters. The van der Waals surface area contributed by atoms with E-state index in [1.165, 1.54) is 0 Å². The van der Waals surface area contributed by atoms with Gasteiger partial charge in [-0.2, -0.15) is 0 Å². The van der Waals surface area contributed by atoms with Crippen molar-refractivity contribution in [2.45, 2.75) is 32.9 Å². The molecule has 0 radical (unpaired) electrons. The van der Waals surface area contributed by atoms with Gasteiger partial charge in [0.1, 0.15) is 5.60 Å². The van der Waals surface area contributed by atoms with E-state index in [4.69, 9.17) is 4.74 Å². The third kappa shape index (κ3) is 3.75. The molecule has 2 aromatic carbocycles. The second-order valence-corrected chi connectivity index (χ2v) is 5.98. The Morgan fingerprint density at radius 3 is 2.36 bits per heavy atom. The third-order valence-electron chi connectivity index (χ3n) is 3.06. The molecule has 0 spiro atoms. The van der Waals surface area contributed by atoms with Gasteiger partial charge < -0.3 is 15.2 Å². The number of carboxylic acids is 1. The molecule has 1 amide bonds. The van der Waals surface area contributed by atoms with Gasteiger partial charge in [-0.05, 0) is 43.2 Å². The number of rotatable bonds is 3. The number of hydrogen-bond donors (Lipinski definition) is 2. The van der Waals surface area contributed by atoms with E-state index in [0.717, 1.165) is 10.9 Å². The quantitative estimate of drug-likeness (QED) is 0.908. The molecular formula is C17H19NO4. The predicted octanol–water partition coefficient (Wildman–Crippen LogP) is 3.56. The largest absolute Gasteiger partial charge is 0.478 e. The Bertz CT molecular complexity index is 716. The summed E-state index contributed by atoms with van der Waals surface area (Å²) in [5, 5.41) is 13.4. The molecule has 0 heterocycles. The molecule has 0 unspecified atom stereocenters. The van der Waals surface area contributed by atoms with E-state index < -0.39 is 17.7 Å². The Kier molecular flexibility index (Phi) is 4.35. The maximum Gasteiger partial charge on any atom is 0.407 e. The summed E-state index contributed by atoms with van der Waals surface area (Å²) in [6.07, 6.45) is -0.501. The van der Waals surface area contributed by atoms with Crippen LogP contribution in [0.2, 0.25) is 0 Å². The highest BCUT2D eigenvalue weighted by Crippen LogP contribution is 2.22. The van der Waals surface area contributed by atoms with Crippen molar-refractivity contribution in [3.63, 3.8) is 0 Å². The van der Waals surface area contributed by atoms with Crippen LogP contribution < -0.4 is 5.32 Å². The lowest BCUT2D eigenvalue weighted by Crippen LogP contribution is -2.32. The lowest BCUT2D eigenvalue weighted by molar-refractivity contribution is 0.0523. The van der Waals surface area contributed by atoms with Crippen LogP contribution in [0.3, 0.4) is 0 Å². The zero-order valence-electron chi connectivity index (χ0n) is 12.8. The van der Waals surface area contributed by atoms with E-state index in [0.29, 0.717) is 5.39 Å². The van der Waals surface area contributed by atoms with Crippen LogP contribution in [0.4, 0.5) is 4.79 Å². The lowest BCUT2D eigenvalue weighted by atomic mass is 10.00. The van der Waals surface area contributed by atoms with Gasteiger partial charge in [0.2, 0.25) is 0 Å². The Labute approximate surface area is 128 Å². The Hall–Kier alpha value is -2.56. The SMILES string of the molecule is CC(C)(C)OC(=O)NCc1cccc2c(C(=O)O)cccc12. The monoisotopic (exact) mass is 301 g/mol. The highest BCUT2D eigenvalue weighted by atomic mass is 16.6. The van der Waals surface area contributed by atoms with Crippen molar-refractivity contribution in [3.05, 3.63) is 47.5 Å². The maximum atomic E-state index is 11.7. The van der Waals surface area contributed by atoms with Gasteiger partial charge in [-0.15, -0.1) is 0 Å². The summed E-state index contributed by atoms with van der Waals surface area (Å²) in [5.74, 6) is -0.970. The summed E-state index contributed by atoms with van der Waals surface area (Å²) in [6, 6.07) is 10.5. The zero-order valence-corrected chi connectivity index (χ0v) is 12.8. The molecule has 2 rings (SSSR count). The summed E-state index contributed by atoms with van der Waals surface area (Å²) in [7, 11) is 0. The minimum absolute atomic E-state index is 0.247. The molecule has 0 aliphatic heterocycles. The molecule has 5 heteroatoms. The molecule has 0 saturated carbocycles. The van der Waals surface area contributed by atoms with E-state index in [9.17, 15) is 14.7 Å². The molecule has 0 aromatic heterocycles. The van der Waals surface area contributed by atoms with Crippen LogP contribution in [0.1, 0.15) is 36.7 Å². The van der Waals surface area contributed by atoms with Crippen LogP contribution in [-0.4, -0.2) is 22.8 Å². The molecule has 0 bridgehead atoms. The number of alkyl carbamates (subject to hydrolysis) is 1. The topological polar surface area (TPSA) is 75.6 Å². The molecule has 0 saturated heterocycles. The van der Waals surface area contributed by atoms with Crippen LogP contribution in [-0.2, 0) is 11.3 Å². The molecule has 116 valence electrons. The van der Waals surface area contributed by atoms with Gasteiger partial charge in [0.25, 0.3) is 0 Å². The fourth-order valence-corrected chi connectivity index (χ4v) is 2.20. The molecule has 0 fully saturated rings. The first-order valence-electron chi connectivity index (χ1n) is 6.99. The minimum Gasteiger partial charge on any atom is -0.478 e. The summed E-state index contributed by atoms with van der Waals surface area (Å²) in [6.45, 7) is 5.66. The van der Waals surface area contributed by atoms with Crippen molar-refractivity contribution in [1.29, 1.82) is 0 Å². The van der Waals surface area contributed by atoms with Gasteiger partial charge in [-0.25, -0.2) is 9.59 Å². The van der Waals surface area contributed by atoms with Gasteiger partial charge >= 0.3 is 12.1 Å². The van der Waals surface area contributed by atoms with Gasteiger partial charge in [0.15, 0.2) is 0 Å². The van der Waals surface area contributed by atoms with E-state index in [2.05, 4.69) is 5.32 Å². The second kappa shape index (κ2) is 6.05. The van der Waals surface area contributed by atoms with Gasteiger partial charge in [0, 0.05) is 6.54 Å². The number of benzene rings is 2. The smallest absolute Gasteiger partial charge is 0.407 e. The fraction of sp³-hybridized carbons (Fsp3) is 0.294. The van der Waals surface area contributed by atoms with E-state index in [1.807, 2.05) is 12.1 Å². The number of carbonyl (C=O) groups is 2. The number of aromatic carboxylic acids is 1. The zero-order chi connectivity index (χ0) is 16.3. The highest BCUT2D eigenvalue weighted by Gasteiger charge is 2.16. The standard InChI is InChI=1S/C17H19NO4/c1-17(2,3)22-16(21)18-10-11-6-4-8-13-12(11)7-5-9-14(13)15(19)20/h4-9H,10H2,1-3H3,(H,18,21)(H,19,20). The summed E-state index contributed by atoms with van der Waals surface area (Å²) in [5.41, 5.74) is 0.530. The van der Waals surface area contributed by atoms with Crippen molar-refractivity contribution in [1.82, 2.24) is 5.32 Å². The van der Waals surface area contributed by atoms with Crippen LogP contribution >= 0.6 is 0 Å². The average Bonchev–Trinajstić information content (AvgIpc) is 2.42. The Morgan fingerprint density at radius 2 is 1.73 bits per heavy atom. The number of nitrogens with one attached hydrogen (secondary N) is 1. The molecule has 2 aromatic rings. The molecule has 0 aliphatic carbocycles. The van der Waals surface area contributed by atoms with Crippen LogP contribution in [0.25, 0.3) is 10.8 Å². The van der Waals surface area contributed by atoms with Gasteiger partial charge in [-0.3, -0.25) is 0 Å². The first-order valence-corrected chi connectivity index (χ1v) is 6.99. The normalized spacial score (nSPS) is 11.2. The number of carboxylic acid groups (broad SMARTS) is 1. The third-order valence-corrected chi connectivity index (χ3v) is 3.06. The lowest BCUT2D eigenvalue weighted by Gasteiger charge is -2.20. The molecule has 0 aliphatic rings. The molecule has 22 heavy (non-hydrogen) atoms. The Morgan fingerprint density at radius 1 is 1.09 bits per heavy atom. The fourth-order valence-electron chi connectivity index (χ4n) is 2.20. The summed E-state index contributed by atoms with van der Waals surface area (Å²) >= 11 is 0. The van der Waals surface area contributed by atoms with Crippen molar-refractivity contribution in [3.8, 4) is 0 Å². The molecule has 2 N–H and O–H groups in total. The van der Waals surface area contributed by atoms with Gasteiger partial charge in [0.05, 0.1) is 5.56 Å². The van der Waals surface area contributed by atoms with E-state index in [1.54, 1.807) is 45.0 Å². The number of hydrogen-bond acceptors (Lipinski definition) is 3. The maximum absolute atomic E-state index is 11.7. The number of fused-ring (bicyclic) bond motifs is 1. The minimum atomic E-state index is -0.970. The van der Waals surface area contributed by atoms with Crippen LogP contribution in [0, 0.1) is 0 Å². The first kappa shape index (κ1) is 15.8. The second-order valence-electron chi connectivity index (χ2n) is 5.98. The Balaban J connectivity index is 2.24.